The van der Waals surface area contributed by atoms with Crippen LogP contribution in [0.3, 0.4) is 0 Å². The van der Waals surface area contributed by atoms with Gasteiger partial charge in [0, 0.05) is 53.7 Å². The summed E-state index contributed by atoms with van der Waals surface area (Å²) in [7, 11) is 2.07. The van der Waals surface area contributed by atoms with E-state index in [0.29, 0.717) is 0 Å². The van der Waals surface area contributed by atoms with Crippen molar-refractivity contribution in [3.63, 3.8) is 0 Å². The van der Waals surface area contributed by atoms with Crippen molar-refractivity contribution in [1.82, 2.24) is 14.5 Å². The minimum Gasteiger partial charge on any atom is -0.457 e. The number of pyridine rings is 2. The Morgan fingerprint density at radius 3 is 1.77 bits per heavy atom. The molecule has 57 heavy (non-hydrogen) atoms. The SMILES string of the molecule is CN(c1cccc(Oc2ccc3c4ccc(C(C)(C)C)cc4n(-c4cc(C(C)(C)C)ccn4)c3c2)c1)c1cccnc1Nc1cc(C(C)(C)C)cc(C(C)(C)C)c1. The number of anilines is 4. The molecule has 0 saturated carbocycles. The number of benzene rings is 4. The van der Waals surface area contributed by atoms with Crippen molar-refractivity contribution in [2.45, 2.75) is 105 Å². The van der Waals surface area contributed by atoms with Crippen LogP contribution in [-0.4, -0.2) is 21.6 Å². The third-order valence-electron chi connectivity index (χ3n) is 11.0. The first kappa shape index (κ1) is 39.6. The number of ether oxygens (including phenoxy) is 1. The Morgan fingerprint density at radius 2 is 1.12 bits per heavy atom. The predicted octanol–water partition coefficient (Wildman–Crippen LogP) is 14.1. The molecule has 0 atom stereocenters. The first-order valence-electron chi connectivity index (χ1n) is 20.1. The fourth-order valence-electron chi connectivity index (χ4n) is 7.28. The summed E-state index contributed by atoms with van der Waals surface area (Å²) in [4.78, 5) is 11.9. The van der Waals surface area contributed by atoms with Crippen molar-refractivity contribution in [2.24, 2.45) is 0 Å². The van der Waals surface area contributed by atoms with Crippen LogP contribution in [0.2, 0.25) is 0 Å². The number of nitrogens with one attached hydrogen (secondary N) is 1. The molecule has 0 saturated heterocycles. The molecule has 0 aliphatic carbocycles. The Bertz CT molecular complexity index is 2560. The van der Waals surface area contributed by atoms with Crippen LogP contribution >= 0.6 is 0 Å². The zero-order chi connectivity index (χ0) is 41.1. The van der Waals surface area contributed by atoms with E-state index in [9.17, 15) is 0 Å². The van der Waals surface area contributed by atoms with Crippen molar-refractivity contribution in [2.75, 3.05) is 17.3 Å². The smallest absolute Gasteiger partial charge is 0.154 e. The second kappa shape index (κ2) is 14.4. The molecule has 4 aromatic carbocycles. The topological polar surface area (TPSA) is 55.2 Å². The molecular weight excluding hydrogens is 699 g/mol. The van der Waals surface area contributed by atoms with Gasteiger partial charge in [-0.2, -0.15) is 0 Å². The van der Waals surface area contributed by atoms with E-state index in [4.69, 9.17) is 14.7 Å². The maximum Gasteiger partial charge on any atom is 0.154 e. The molecule has 0 unspecified atom stereocenters. The van der Waals surface area contributed by atoms with E-state index in [1.165, 1.54) is 27.6 Å². The Hall–Kier alpha value is -5.62. The van der Waals surface area contributed by atoms with Gasteiger partial charge in [0.25, 0.3) is 0 Å². The molecule has 6 nitrogen and oxygen atoms in total. The Balaban J connectivity index is 1.24. The lowest BCUT2D eigenvalue weighted by Crippen LogP contribution is -2.17. The van der Waals surface area contributed by atoms with Gasteiger partial charge in [0.1, 0.15) is 17.3 Å². The third-order valence-corrected chi connectivity index (χ3v) is 11.0. The van der Waals surface area contributed by atoms with Gasteiger partial charge in [-0.1, -0.05) is 107 Å². The second-order valence-corrected chi connectivity index (χ2v) is 19.6. The maximum atomic E-state index is 6.68. The summed E-state index contributed by atoms with van der Waals surface area (Å²) in [6.45, 7) is 27.1. The lowest BCUT2D eigenvalue weighted by atomic mass is 9.80. The van der Waals surface area contributed by atoms with Gasteiger partial charge in [0.15, 0.2) is 5.82 Å². The minimum atomic E-state index is -0.0147. The van der Waals surface area contributed by atoms with Gasteiger partial charge in [-0.15, -0.1) is 0 Å². The third kappa shape index (κ3) is 8.27. The first-order chi connectivity index (χ1) is 26.7. The van der Waals surface area contributed by atoms with Crippen LogP contribution in [0, 0.1) is 0 Å². The van der Waals surface area contributed by atoms with E-state index in [1.807, 2.05) is 30.6 Å². The molecule has 0 fully saturated rings. The van der Waals surface area contributed by atoms with E-state index in [0.717, 1.165) is 56.6 Å². The average molecular weight is 758 g/mol. The summed E-state index contributed by atoms with van der Waals surface area (Å²) in [5.74, 6) is 3.19. The van der Waals surface area contributed by atoms with E-state index >= 15 is 0 Å². The number of fused-ring (bicyclic) bond motifs is 3. The molecule has 7 aromatic rings. The molecular formula is C51H59N5O. The van der Waals surface area contributed by atoms with E-state index < -0.39 is 0 Å². The van der Waals surface area contributed by atoms with Crippen molar-refractivity contribution in [1.29, 1.82) is 0 Å². The van der Waals surface area contributed by atoms with Crippen molar-refractivity contribution >= 4 is 44.7 Å². The highest BCUT2D eigenvalue weighted by molar-refractivity contribution is 6.09. The van der Waals surface area contributed by atoms with Crippen molar-refractivity contribution in [3.8, 4) is 17.3 Å². The molecule has 0 bridgehead atoms. The molecule has 0 spiro atoms. The van der Waals surface area contributed by atoms with Gasteiger partial charge in [0.2, 0.25) is 0 Å². The van der Waals surface area contributed by atoms with Crippen LogP contribution in [-0.2, 0) is 21.7 Å². The first-order valence-corrected chi connectivity index (χ1v) is 20.1. The van der Waals surface area contributed by atoms with Gasteiger partial charge in [-0.25, -0.2) is 9.97 Å². The van der Waals surface area contributed by atoms with Crippen molar-refractivity contribution in [3.05, 3.63) is 138 Å². The molecule has 0 radical (unpaired) electrons. The number of rotatable bonds is 7. The average Bonchev–Trinajstić information content (AvgIpc) is 3.46. The van der Waals surface area contributed by atoms with Crippen LogP contribution in [0.5, 0.6) is 11.5 Å². The predicted molar refractivity (Wildman–Crippen MR) is 242 cm³/mol. The highest BCUT2D eigenvalue weighted by Gasteiger charge is 2.23. The minimum absolute atomic E-state index is 0.00235. The zero-order valence-electron chi connectivity index (χ0n) is 36.2. The van der Waals surface area contributed by atoms with Gasteiger partial charge >= 0.3 is 0 Å². The van der Waals surface area contributed by atoms with Crippen LogP contribution in [0.4, 0.5) is 22.9 Å². The van der Waals surface area contributed by atoms with E-state index in [2.05, 4.69) is 190 Å². The normalized spacial score (nSPS) is 12.6. The molecule has 0 amide bonds. The lowest BCUT2D eigenvalue weighted by molar-refractivity contribution is 0.483. The number of hydrogen-bond donors (Lipinski definition) is 1. The Labute approximate surface area is 340 Å². The zero-order valence-corrected chi connectivity index (χ0v) is 36.2. The number of nitrogens with zero attached hydrogens (tertiary/aromatic N) is 4. The van der Waals surface area contributed by atoms with Gasteiger partial charge in [0.05, 0.1) is 16.7 Å². The summed E-state index contributed by atoms with van der Waals surface area (Å²) in [5, 5.41) is 6.03. The fraction of sp³-hybridized carbons (Fsp3) is 0.333. The quantitative estimate of drug-likeness (QED) is 0.175. The summed E-state index contributed by atoms with van der Waals surface area (Å²) < 4.78 is 8.98. The monoisotopic (exact) mass is 757 g/mol. The largest absolute Gasteiger partial charge is 0.457 e. The second-order valence-electron chi connectivity index (χ2n) is 19.6. The standard InChI is InChI=1S/C51H59N5O/c1-48(2,3)33-19-21-41-42-22-20-40(32-45(42)56(44(41)29-33)46-30-34(23-25-52-46)49(4,5)6)57-39-17-14-16-38(31-39)55(13)43-18-15-24-53-47(43)54-37-27-35(50(7,8)9)26-36(28-37)51(10,11)12/h14-32H,1-13H3,(H,53,54). The molecule has 3 aromatic heterocycles. The van der Waals surface area contributed by atoms with E-state index in [1.54, 1.807) is 0 Å². The molecule has 1 N–H and O–H groups in total. The van der Waals surface area contributed by atoms with Crippen LogP contribution < -0.4 is 15.0 Å². The summed E-state index contributed by atoms with van der Waals surface area (Å²) in [5.41, 5.74) is 10.3. The highest BCUT2D eigenvalue weighted by atomic mass is 16.5. The van der Waals surface area contributed by atoms with Crippen molar-refractivity contribution < 1.29 is 4.74 Å². The van der Waals surface area contributed by atoms with Gasteiger partial charge in [-0.05, 0) is 111 Å². The fourth-order valence-corrected chi connectivity index (χ4v) is 7.28. The van der Waals surface area contributed by atoms with E-state index in [-0.39, 0.29) is 21.7 Å². The Morgan fingerprint density at radius 1 is 0.526 bits per heavy atom. The number of aromatic nitrogens is 3. The summed E-state index contributed by atoms with van der Waals surface area (Å²) in [6.07, 6.45) is 3.77. The maximum absolute atomic E-state index is 6.68. The van der Waals surface area contributed by atoms with Crippen LogP contribution in [0.15, 0.2) is 116 Å². The van der Waals surface area contributed by atoms with Crippen LogP contribution in [0.25, 0.3) is 27.6 Å². The molecule has 6 heteroatoms. The van der Waals surface area contributed by atoms with Gasteiger partial charge < -0.3 is 15.0 Å². The lowest BCUT2D eigenvalue weighted by Gasteiger charge is -2.27. The molecule has 7 rings (SSSR count). The van der Waals surface area contributed by atoms with Gasteiger partial charge in [-0.3, -0.25) is 4.57 Å². The molecule has 0 aliphatic rings. The number of hydrogen-bond acceptors (Lipinski definition) is 5. The Kier molecular flexibility index (Phi) is 10.0. The molecule has 294 valence electrons. The summed E-state index contributed by atoms with van der Waals surface area (Å²) in [6, 6.07) is 36.7. The molecule has 3 heterocycles. The summed E-state index contributed by atoms with van der Waals surface area (Å²) >= 11 is 0. The highest BCUT2D eigenvalue weighted by Crippen LogP contribution is 2.40. The van der Waals surface area contributed by atoms with Crippen LogP contribution in [0.1, 0.15) is 105 Å². The molecule has 0 aliphatic heterocycles.